The highest BCUT2D eigenvalue weighted by Gasteiger charge is 2.16. The van der Waals surface area contributed by atoms with E-state index in [-0.39, 0.29) is 31.1 Å². The van der Waals surface area contributed by atoms with Gasteiger partial charge in [0.15, 0.2) is 6.61 Å². The van der Waals surface area contributed by atoms with Crippen molar-refractivity contribution in [2.45, 2.75) is 32.3 Å². The van der Waals surface area contributed by atoms with Crippen molar-refractivity contribution in [2.75, 3.05) is 26.2 Å². The molecule has 0 aromatic heterocycles. The van der Waals surface area contributed by atoms with E-state index in [0.717, 1.165) is 19.6 Å². The van der Waals surface area contributed by atoms with Crippen molar-refractivity contribution >= 4 is 17.6 Å². The molecule has 1 aliphatic heterocycles. The van der Waals surface area contributed by atoms with E-state index in [2.05, 4.69) is 4.90 Å². The minimum absolute atomic E-state index is 0. The largest absolute Gasteiger partial charge is 1.00 e. The fourth-order valence-electron chi connectivity index (χ4n) is 2.47. The van der Waals surface area contributed by atoms with E-state index < -0.39 is 0 Å². The molecule has 1 fully saturated rings. The van der Waals surface area contributed by atoms with Crippen LogP contribution in [0.15, 0.2) is 24.3 Å². The monoisotopic (exact) mass is 346 g/mol. The standard InChI is InChI=1S/C16H22ClNO3.ClH/c1-13(11-18-9-3-2-4-10-18)21-16(19)12-20-15-7-5-14(17)6-8-15;/h5-8,13H,2-4,9-12H2,1H3;1H/p-1. The number of hydrogen-bond donors (Lipinski definition) is 0. The number of rotatable bonds is 6. The molecule has 22 heavy (non-hydrogen) atoms. The highest BCUT2D eigenvalue weighted by Crippen LogP contribution is 2.15. The van der Waals surface area contributed by atoms with Crippen LogP contribution in [0.3, 0.4) is 0 Å². The topological polar surface area (TPSA) is 38.8 Å². The lowest BCUT2D eigenvalue weighted by Crippen LogP contribution is -3.00. The first-order chi connectivity index (χ1) is 10.1. The number of carbonyl (C=O) groups excluding carboxylic acids is 1. The van der Waals surface area contributed by atoms with Crippen molar-refractivity contribution in [3.05, 3.63) is 29.3 Å². The molecule has 0 saturated carbocycles. The van der Waals surface area contributed by atoms with Crippen LogP contribution in [0.2, 0.25) is 5.02 Å². The van der Waals surface area contributed by atoms with Gasteiger partial charge in [0.1, 0.15) is 11.9 Å². The second-order valence-electron chi connectivity index (χ2n) is 5.40. The number of hydrogen-bond acceptors (Lipinski definition) is 4. The number of benzene rings is 1. The predicted molar refractivity (Wildman–Crippen MR) is 82.8 cm³/mol. The molecule has 0 aliphatic carbocycles. The number of nitrogens with zero attached hydrogens (tertiary/aromatic N) is 1. The first-order valence-corrected chi connectivity index (χ1v) is 7.81. The summed E-state index contributed by atoms with van der Waals surface area (Å²) in [5, 5.41) is 0.639. The third-order valence-electron chi connectivity index (χ3n) is 3.47. The smallest absolute Gasteiger partial charge is 0.344 e. The van der Waals surface area contributed by atoms with Crippen molar-refractivity contribution in [1.29, 1.82) is 0 Å². The van der Waals surface area contributed by atoms with Gasteiger partial charge in [-0.15, -0.1) is 0 Å². The number of likely N-dealkylation sites (tertiary alicyclic amines) is 1. The molecule has 1 unspecified atom stereocenters. The molecule has 1 aromatic carbocycles. The van der Waals surface area contributed by atoms with Crippen molar-refractivity contribution in [2.24, 2.45) is 0 Å². The minimum Gasteiger partial charge on any atom is -1.00 e. The molecule has 1 heterocycles. The van der Waals surface area contributed by atoms with Gasteiger partial charge in [0, 0.05) is 11.6 Å². The zero-order valence-electron chi connectivity index (χ0n) is 12.8. The molecule has 0 N–H and O–H groups in total. The number of halogens is 2. The van der Waals surface area contributed by atoms with E-state index in [4.69, 9.17) is 21.1 Å². The second kappa shape index (κ2) is 9.93. The van der Waals surface area contributed by atoms with Gasteiger partial charge in [-0.2, -0.15) is 0 Å². The third kappa shape index (κ3) is 6.86. The summed E-state index contributed by atoms with van der Waals surface area (Å²) >= 11 is 5.78. The Morgan fingerprint density at radius 2 is 1.86 bits per heavy atom. The number of ether oxygens (including phenoxy) is 2. The van der Waals surface area contributed by atoms with E-state index in [1.54, 1.807) is 24.3 Å². The molecular formula is C16H22Cl2NO3-. The van der Waals surface area contributed by atoms with Crippen LogP contribution in [-0.4, -0.2) is 43.2 Å². The Bertz CT molecular complexity index is 447. The van der Waals surface area contributed by atoms with Crippen LogP contribution in [0.1, 0.15) is 26.2 Å². The first kappa shape index (κ1) is 19.1. The summed E-state index contributed by atoms with van der Waals surface area (Å²) in [5.41, 5.74) is 0. The first-order valence-electron chi connectivity index (χ1n) is 7.43. The van der Waals surface area contributed by atoms with Crippen LogP contribution < -0.4 is 17.1 Å². The predicted octanol–water partition coefficient (Wildman–Crippen LogP) is 0.140. The average molecular weight is 347 g/mol. The van der Waals surface area contributed by atoms with Gasteiger partial charge >= 0.3 is 5.97 Å². The SMILES string of the molecule is CC(CN1CCCCC1)OC(=O)COc1ccc(Cl)cc1.[Cl-]. The van der Waals surface area contributed by atoms with Gasteiger partial charge in [-0.3, -0.25) is 4.90 Å². The quantitative estimate of drug-likeness (QED) is 0.687. The molecule has 2 rings (SSSR count). The van der Waals surface area contributed by atoms with Gasteiger partial charge in [0.05, 0.1) is 0 Å². The Labute approximate surface area is 143 Å². The van der Waals surface area contributed by atoms with Crippen LogP contribution in [0.4, 0.5) is 0 Å². The van der Waals surface area contributed by atoms with Gasteiger partial charge in [0.2, 0.25) is 0 Å². The van der Waals surface area contributed by atoms with Crippen molar-refractivity contribution in [1.82, 2.24) is 4.90 Å². The van der Waals surface area contributed by atoms with E-state index >= 15 is 0 Å². The molecular weight excluding hydrogens is 325 g/mol. The lowest BCUT2D eigenvalue weighted by Gasteiger charge is -2.28. The molecule has 1 atom stereocenters. The zero-order valence-corrected chi connectivity index (χ0v) is 14.3. The highest BCUT2D eigenvalue weighted by molar-refractivity contribution is 6.30. The average Bonchev–Trinajstić information content (AvgIpc) is 2.47. The Balaban J connectivity index is 0.00000242. The number of esters is 1. The lowest BCUT2D eigenvalue weighted by molar-refractivity contribution is -0.151. The molecule has 124 valence electrons. The van der Waals surface area contributed by atoms with Gasteiger partial charge in [0.25, 0.3) is 0 Å². The Kier molecular flexibility index (Phi) is 8.61. The molecule has 0 amide bonds. The fraction of sp³-hybridized carbons (Fsp3) is 0.562. The normalized spacial score (nSPS) is 16.5. The highest BCUT2D eigenvalue weighted by atomic mass is 35.5. The van der Waals surface area contributed by atoms with Crippen LogP contribution in [0.5, 0.6) is 5.75 Å². The summed E-state index contributed by atoms with van der Waals surface area (Å²) in [5.74, 6) is 0.273. The Morgan fingerprint density at radius 3 is 2.50 bits per heavy atom. The number of carbonyl (C=O) groups is 1. The molecule has 1 saturated heterocycles. The summed E-state index contributed by atoms with van der Waals surface area (Å²) in [6.45, 7) is 4.85. The molecule has 1 aliphatic rings. The Morgan fingerprint density at radius 1 is 1.23 bits per heavy atom. The molecule has 0 bridgehead atoms. The zero-order chi connectivity index (χ0) is 15.1. The molecule has 1 aromatic rings. The summed E-state index contributed by atoms with van der Waals surface area (Å²) in [4.78, 5) is 14.1. The maximum Gasteiger partial charge on any atom is 0.344 e. The van der Waals surface area contributed by atoms with Gasteiger partial charge in [-0.1, -0.05) is 18.0 Å². The van der Waals surface area contributed by atoms with Crippen LogP contribution in [0.25, 0.3) is 0 Å². The molecule has 0 radical (unpaired) electrons. The van der Waals surface area contributed by atoms with E-state index in [9.17, 15) is 4.79 Å². The molecule has 6 heteroatoms. The van der Waals surface area contributed by atoms with E-state index in [1.807, 2.05) is 6.92 Å². The van der Waals surface area contributed by atoms with Crippen molar-refractivity contribution in [3.63, 3.8) is 0 Å². The summed E-state index contributed by atoms with van der Waals surface area (Å²) in [6, 6.07) is 6.90. The van der Waals surface area contributed by atoms with Gasteiger partial charge in [-0.25, -0.2) is 4.79 Å². The molecule has 0 spiro atoms. The summed E-state index contributed by atoms with van der Waals surface area (Å²) in [7, 11) is 0. The van der Waals surface area contributed by atoms with E-state index in [1.165, 1.54) is 19.3 Å². The maximum atomic E-state index is 11.7. The van der Waals surface area contributed by atoms with E-state index in [0.29, 0.717) is 10.8 Å². The molecule has 4 nitrogen and oxygen atoms in total. The van der Waals surface area contributed by atoms with Crippen LogP contribution in [-0.2, 0) is 9.53 Å². The summed E-state index contributed by atoms with van der Waals surface area (Å²) in [6.07, 6.45) is 3.67. The minimum atomic E-state index is -0.338. The number of piperidine rings is 1. The third-order valence-corrected chi connectivity index (χ3v) is 3.72. The van der Waals surface area contributed by atoms with Crippen LogP contribution >= 0.6 is 11.6 Å². The lowest BCUT2D eigenvalue weighted by atomic mass is 10.1. The maximum absolute atomic E-state index is 11.7. The summed E-state index contributed by atoms with van der Waals surface area (Å²) < 4.78 is 10.7. The Hall–Kier alpha value is -0.970. The van der Waals surface area contributed by atoms with Gasteiger partial charge in [-0.05, 0) is 57.1 Å². The van der Waals surface area contributed by atoms with Crippen molar-refractivity contribution in [3.8, 4) is 5.75 Å². The second-order valence-corrected chi connectivity index (χ2v) is 5.84. The van der Waals surface area contributed by atoms with Crippen molar-refractivity contribution < 1.29 is 26.7 Å². The van der Waals surface area contributed by atoms with Crippen LogP contribution in [0, 0.1) is 0 Å². The van der Waals surface area contributed by atoms with Gasteiger partial charge < -0.3 is 21.9 Å². The fourth-order valence-corrected chi connectivity index (χ4v) is 2.60.